The molecule has 0 aliphatic heterocycles. The number of ether oxygens (including phenoxy) is 2. The van der Waals surface area contributed by atoms with E-state index in [1.807, 2.05) is 18.2 Å². The summed E-state index contributed by atoms with van der Waals surface area (Å²) in [6.07, 6.45) is 10.4. The van der Waals surface area contributed by atoms with Gasteiger partial charge < -0.3 is 18.3 Å². The van der Waals surface area contributed by atoms with Crippen LogP contribution in [0.15, 0.2) is 77.8 Å². The lowest BCUT2D eigenvalue weighted by Crippen LogP contribution is -2.47. The second-order valence-electron chi connectivity index (χ2n) is 14.0. The fourth-order valence-electron chi connectivity index (χ4n) is 6.12. The minimum Gasteiger partial charge on any atom is -0.547 e. The van der Waals surface area contributed by atoms with E-state index < -0.39 is 16.6 Å². The third kappa shape index (κ3) is 7.90. The van der Waals surface area contributed by atoms with Crippen molar-refractivity contribution in [2.75, 3.05) is 6.79 Å². The van der Waals surface area contributed by atoms with Crippen LogP contribution < -0.4 is 0 Å². The van der Waals surface area contributed by atoms with Crippen LogP contribution in [-0.4, -0.2) is 29.5 Å². The van der Waals surface area contributed by atoms with E-state index in [-0.39, 0.29) is 23.7 Å². The van der Waals surface area contributed by atoms with Crippen LogP contribution in [0.4, 0.5) is 0 Å². The van der Waals surface area contributed by atoms with Gasteiger partial charge in [0.2, 0.25) is 16.6 Å². The van der Waals surface area contributed by atoms with Crippen LogP contribution >= 0.6 is 0 Å². The van der Waals surface area contributed by atoms with Crippen LogP contribution in [0.2, 0.25) is 39.3 Å². The Bertz CT molecular complexity index is 1110. The Hall–Kier alpha value is -1.87. The Kier molecular flexibility index (Phi) is 10.6. The molecule has 0 saturated heterocycles. The van der Waals surface area contributed by atoms with Crippen molar-refractivity contribution < 1.29 is 18.3 Å². The molecular formula is C34H54O4Si2. The van der Waals surface area contributed by atoms with E-state index in [0.29, 0.717) is 12.5 Å². The lowest BCUT2D eigenvalue weighted by molar-refractivity contribution is -0.145. The molecule has 1 aromatic rings. The van der Waals surface area contributed by atoms with Gasteiger partial charge in [0, 0.05) is 16.4 Å². The van der Waals surface area contributed by atoms with Gasteiger partial charge in [0.15, 0.2) is 0 Å². The molecule has 6 heteroatoms. The van der Waals surface area contributed by atoms with Crippen LogP contribution in [0.1, 0.15) is 58.9 Å². The van der Waals surface area contributed by atoms with E-state index in [1.54, 1.807) is 0 Å². The third-order valence-electron chi connectivity index (χ3n) is 8.43. The second kappa shape index (κ2) is 13.0. The molecule has 4 nitrogen and oxygen atoms in total. The van der Waals surface area contributed by atoms with E-state index in [0.717, 1.165) is 42.8 Å². The lowest BCUT2D eigenvalue weighted by atomic mass is 9.59. The van der Waals surface area contributed by atoms with Gasteiger partial charge in [0.1, 0.15) is 12.6 Å². The van der Waals surface area contributed by atoms with Crippen LogP contribution in [0, 0.1) is 16.7 Å². The highest BCUT2D eigenvalue weighted by Crippen LogP contribution is 2.56. The number of allylic oxidation sites excluding steroid dienone is 5. The number of benzene rings is 1. The predicted molar refractivity (Wildman–Crippen MR) is 173 cm³/mol. The molecule has 4 atom stereocenters. The molecule has 0 fully saturated rings. The maximum absolute atomic E-state index is 6.84. The quantitative estimate of drug-likeness (QED) is 0.0719. The van der Waals surface area contributed by atoms with Crippen LogP contribution in [0.5, 0.6) is 0 Å². The molecule has 0 saturated carbocycles. The van der Waals surface area contributed by atoms with Gasteiger partial charge in [-0.3, -0.25) is 0 Å². The predicted octanol–water partition coefficient (Wildman–Crippen LogP) is 9.76. The molecule has 0 bridgehead atoms. The zero-order chi connectivity index (χ0) is 29.8. The molecule has 1 aromatic carbocycles. The Balaban J connectivity index is 1.99. The van der Waals surface area contributed by atoms with Crippen molar-refractivity contribution in [3.8, 4) is 0 Å². The molecule has 0 aromatic heterocycles. The first kappa shape index (κ1) is 32.6. The van der Waals surface area contributed by atoms with Crippen molar-refractivity contribution in [1.29, 1.82) is 0 Å². The highest BCUT2D eigenvalue weighted by molar-refractivity contribution is 6.70. The van der Waals surface area contributed by atoms with E-state index in [9.17, 15) is 0 Å². The first-order valence-corrected chi connectivity index (χ1v) is 21.8. The average molecular weight is 583 g/mol. The SMILES string of the molecule is C=C[C@](C)(C[C@@H](OCOCc1ccccc1)[C@@]1(C)C2=C(CC=C2O[Si](C)(C)C)CC[C@@H]1C)/C(=C/C)O[Si](C)(C)C. The summed E-state index contributed by atoms with van der Waals surface area (Å²) < 4.78 is 26.3. The van der Waals surface area contributed by atoms with Crippen molar-refractivity contribution in [2.24, 2.45) is 16.7 Å². The number of hydrogen-bond acceptors (Lipinski definition) is 4. The first-order valence-electron chi connectivity index (χ1n) is 15.0. The molecule has 0 unspecified atom stereocenters. The summed E-state index contributed by atoms with van der Waals surface area (Å²) in [4.78, 5) is 0. The maximum Gasteiger partial charge on any atom is 0.242 e. The smallest absolute Gasteiger partial charge is 0.242 e. The highest BCUT2D eigenvalue weighted by atomic mass is 28.4. The minimum atomic E-state index is -1.83. The lowest BCUT2D eigenvalue weighted by Gasteiger charge is -2.49. The van der Waals surface area contributed by atoms with Crippen molar-refractivity contribution in [2.45, 2.75) is 105 Å². The zero-order valence-electron chi connectivity index (χ0n) is 26.9. The van der Waals surface area contributed by atoms with E-state index >= 15 is 0 Å². The molecule has 0 N–H and O–H groups in total. The summed E-state index contributed by atoms with van der Waals surface area (Å²) in [6.45, 7) is 27.6. The average Bonchev–Trinajstić information content (AvgIpc) is 3.28. The number of hydrogen-bond donors (Lipinski definition) is 0. The van der Waals surface area contributed by atoms with Gasteiger partial charge in [0.25, 0.3) is 0 Å². The van der Waals surface area contributed by atoms with Crippen molar-refractivity contribution in [3.63, 3.8) is 0 Å². The van der Waals surface area contributed by atoms with Gasteiger partial charge in [-0.1, -0.05) is 61.9 Å². The standard InChI is InChI=1S/C34H54O4Si2/c1-12-30(38-40(9,10)11)33(4,13-2)23-31(36-25-35-24-27-17-15-14-16-18-27)34(5)26(3)19-20-28-21-22-29(32(28)34)37-39(6,7)8/h12-18,22,26,31H,2,19-21,23-25H2,1,3-11H3/b30-12-/t26-,31+,33+,34-/m0/s1. The largest absolute Gasteiger partial charge is 0.547 e. The van der Waals surface area contributed by atoms with Crippen molar-refractivity contribution in [3.05, 3.63) is 83.4 Å². The monoisotopic (exact) mass is 582 g/mol. The molecule has 222 valence electrons. The van der Waals surface area contributed by atoms with Gasteiger partial charge in [-0.15, -0.1) is 6.58 Å². The number of rotatable bonds is 14. The normalized spacial score (nSPS) is 24.2. The minimum absolute atomic E-state index is 0.126. The summed E-state index contributed by atoms with van der Waals surface area (Å²) >= 11 is 0. The van der Waals surface area contributed by atoms with Crippen molar-refractivity contribution in [1.82, 2.24) is 0 Å². The maximum atomic E-state index is 6.84. The topological polar surface area (TPSA) is 36.9 Å². The van der Waals surface area contributed by atoms with Gasteiger partial charge in [0.05, 0.1) is 18.5 Å². The molecule has 0 heterocycles. The molecule has 40 heavy (non-hydrogen) atoms. The molecule has 3 rings (SSSR count). The zero-order valence-corrected chi connectivity index (χ0v) is 28.9. The van der Waals surface area contributed by atoms with Crippen LogP contribution in [-0.2, 0) is 24.9 Å². The Morgan fingerprint density at radius 3 is 2.38 bits per heavy atom. The first-order chi connectivity index (χ1) is 18.6. The highest BCUT2D eigenvalue weighted by Gasteiger charge is 2.51. The fourth-order valence-corrected chi connectivity index (χ4v) is 7.97. The summed E-state index contributed by atoms with van der Waals surface area (Å²) in [7, 11) is -3.63. The summed E-state index contributed by atoms with van der Waals surface area (Å²) in [5, 5.41) is 0. The molecule has 0 amide bonds. The van der Waals surface area contributed by atoms with Gasteiger partial charge in [-0.2, -0.15) is 0 Å². The molecule has 2 aliphatic rings. The van der Waals surface area contributed by atoms with E-state index in [1.165, 1.54) is 11.1 Å². The van der Waals surface area contributed by atoms with E-state index in [4.69, 9.17) is 18.3 Å². The van der Waals surface area contributed by atoms with E-state index in [2.05, 4.69) is 104 Å². The Morgan fingerprint density at radius 2 is 1.80 bits per heavy atom. The Morgan fingerprint density at radius 1 is 1.12 bits per heavy atom. The summed E-state index contributed by atoms with van der Waals surface area (Å²) in [6, 6.07) is 10.3. The second-order valence-corrected chi connectivity index (χ2v) is 22.8. The molecule has 0 radical (unpaired) electrons. The molecular weight excluding hydrogens is 529 g/mol. The Labute approximate surface area is 246 Å². The third-order valence-corrected chi connectivity index (χ3v) is 10.1. The van der Waals surface area contributed by atoms with Crippen LogP contribution in [0.3, 0.4) is 0 Å². The van der Waals surface area contributed by atoms with Gasteiger partial charge in [-0.25, -0.2) is 0 Å². The van der Waals surface area contributed by atoms with Gasteiger partial charge >= 0.3 is 0 Å². The fraction of sp³-hybridized carbons (Fsp3) is 0.588. The molecule has 2 aliphatic carbocycles. The summed E-state index contributed by atoms with van der Waals surface area (Å²) in [5.41, 5.74) is 3.40. The van der Waals surface area contributed by atoms with Gasteiger partial charge in [-0.05, 0) is 96.4 Å². The summed E-state index contributed by atoms with van der Waals surface area (Å²) in [5.74, 6) is 2.49. The van der Waals surface area contributed by atoms with Crippen LogP contribution in [0.25, 0.3) is 0 Å². The van der Waals surface area contributed by atoms with Crippen molar-refractivity contribution >= 4 is 16.6 Å². The molecule has 0 spiro atoms.